The van der Waals surface area contributed by atoms with E-state index in [0.29, 0.717) is 12.2 Å². The Balaban J connectivity index is 1.95. The summed E-state index contributed by atoms with van der Waals surface area (Å²) in [6.07, 6.45) is 1.75. The van der Waals surface area contributed by atoms with Gasteiger partial charge in [0.15, 0.2) is 6.61 Å². The molecule has 2 heterocycles. The Hall–Kier alpha value is -2.61. The van der Waals surface area contributed by atoms with E-state index in [9.17, 15) is 14.4 Å². The number of amides is 3. The van der Waals surface area contributed by atoms with Crippen molar-refractivity contribution in [1.29, 1.82) is 0 Å². The van der Waals surface area contributed by atoms with E-state index in [0.717, 1.165) is 4.88 Å². The third-order valence-corrected chi connectivity index (χ3v) is 3.40. The average Bonchev–Trinajstić information content (AvgIpc) is 3.07. The Labute approximate surface area is 124 Å². The Morgan fingerprint density at radius 1 is 1.29 bits per heavy atom. The van der Waals surface area contributed by atoms with Gasteiger partial charge >= 0.3 is 12.0 Å². The summed E-state index contributed by atoms with van der Waals surface area (Å²) in [4.78, 5) is 34.6. The van der Waals surface area contributed by atoms with Gasteiger partial charge in [-0.25, -0.2) is 9.59 Å². The minimum Gasteiger partial charge on any atom is -0.451 e. The molecule has 7 nitrogen and oxygen atoms in total. The predicted molar refractivity (Wildman–Crippen MR) is 75.9 cm³/mol. The molecule has 21 heavy (non-hydrogen) atoms. The first-order valence-electron chi connectivity index (χ1n) is 6.00. The van der Waals surface area contributed by atoms with Crippen LogP contribution in [0.3, 0.4) is 0 Å². The van der Waals surface area contributed by atoms with Crippen molar-refractivity contribution in [2.75, 3.05) is 6.61 Å². The van der Waals surface area contributed by atoms with E-state index in [1.54, 1.807) is 34.2 Å². The highest BCUT2D eigenvalue weighted by Crippen LogP contribution is 2.13. The number of primary amides is 1. The number of nitrogens with one attached hydrogen (secondary N) is 1. The second-order valence-corrected chi connectivity index (χ2v) is 5.12. The summed E-state index contributed by atoms with van der Waals surface area (Å²) in [6, 6.07) is 6.21. The maximum atomic E-state index is 11.9. The van der Waals surface area contributed by atoms with E-state index in [2.05, 4.69) is 0 Å². The first-order chi connectivity index (χ1) is 10.1. The average molecular weight is 307 g/mol. The fourth-order valence-corrected chi connectivity index (χ4v) is 2.39. The van der Waals surface area contributed by atoms with Gasteiger partial charge in [0, 0.05) is 11.1 Å². The molecule has 8 heteroatoms. The first kappa shape index (κ1) is 14.8. The number of aromatic nitrogens is 1. The number of carbonyl (C=O) groups excluding carboxylic acids is 3. The zero-order valence-electron chi connectivity index (χ0n) is 10.9. The second kappa shape index (κ2) is 6.71. The van der Waals surface area contributed by atoms with Crippen LogP contribution in [0.1, 0.15) is 15.4 Å². The molecule has 0 aliphatic heterocycles. The number of esters is 1. The molecular weight excluding hydrogens is 294 g/mol. The van der Waals surface area contributed by atoms with E-state index in [-0.39, 0.29) is 0 Å². The molecule has 0 aromatic carbocycles. The van der Waals surface area contributed by atoms with Crippen LogP contribution >= 0.6 is 11.3 Å². The third kappa shape index (κ3) is 4.18. The van der Waals surface area contributed by atoms with Crippen molar-refractivity contribution in [1.82, 2.24) is 9.88 Å². The molecule has 2 aromatic rings. The van der Waals surface area contributed by atoms with Crippen LogP contribution in [0.5, 0.6) is 0 Å². The fourth-order valence-electron chi connectivity index (χ4n) is 1.69. The van der Waals surface area contributed by atoms with Gasteiger partial charge in [-0.3, -0.25) is 10.1 Å². The largest absolute Gasteiger partial charge is 0.451 e. The van der Waals surface area contributed by atoms with Crippen LogP contribution in [0.15, 0.2) is 35.8 Å². The first-order valence-corrected chi connectivity index (χ1v) is 6.88. The lowest BCUT2D eigenvalue weighted by molar-refractivity contribution is -0.123. The monoisotopic (exact) mass is 307 g/mol. The molecule has 3 N–H and O–H groups in total. The van der Waals surface area contributed by atoms with Gasteiger partial charge in [0.2, 0.25) is 0 Å². The minimum atomic E-state index is -0.989. The lowest BCUT2D eigenvalue weighted by atomic mass is 10.4. The molecule has 0 aliphatic rings. The predicted octanol–water partition coefficient (Wildman–Crippen LogP) is 0.950. The summed E-state index contributed by atoms with van der Waals surface area (Å²) in [5.41, 5.74) is 5.11. The van der Waals surface area contributed by atoms with E-state index < -0.39 is 24.5 Å². The Morgan fingerprint density at radius 2 is 2.10 bits per heavy atom. The molecule has 2 rings (SSSR count). The molecule has 0 saturated heterocycles. The molecule has 0 fully saturated rings. The van der Waals surface area contributed by atoms with Gasteiger partial charge in [-0.1, -0.05) is 6.07 Å². The van der Waals surface area contributed by atoms with Crippen molar-refractivity contribution in [3.63, 3.8) is 0 Å². The summed E-state index contributed by atoms with van der Waals surface area (Å²) in [5, 5.41) is 3.76. The van der Waals surface area contributed by atoms with Crippen LogP contribution in [0.4, 0.5) is 4.79 Å². The number of urea groups is 1. The van der Waals surface area contributed by atoms with E-state index in [1.807, 2.05) is 22.8 Å². The fraction of sp³-hybridized carbons (Fsp3) is 0.154. The normalized spacial score (nSPS) is 10.1. The number of rotatable bonds is 5. The van der Waals surface area contributed by atoms with E-state index in [1.165, 1.54) is 0 Å². The second-order valence-electron chi connectivity index (χ2n) is 4.09. The maximum Gasteiger partial charge on any atom is 0.355 e. The van der Waals surface area contributed by atoms with Gasteiger partial charge < -0.3 is 15.0 Å². The molecule has 3 amide bonds. The molecule has 0 radical (unpaired) electrons. The minimum absolute atomic E-state index is 0.329. The van der Waals surface area contributed by atoms with Crippen LogP contribution < -0.4 is 11.1 Å². The van der Waals surface area contributed by atoms with Gasteiger partial charge in [-0.05, 0) is 23.6 Å². The van der Waals surface area contributed by atoms with Crippen LogP contribution in [0.2, 0.25) is 0 Å². The zero-order chi connectivity index (χ0) is 15.2. The highest BCUT2D eigenvalue weighted by Gasteiger charge is 2.15. The number of thiophene rings is 1. The lowest BCUT2D eigenvalue weighted by Crippen LogP contribution is -2.37. The van der Waals surface area contributed by atoms with Crippen molar-refractivity contribution < 1.29 is 19.1 Å². The number of imide groups is 1. The van der Waals surface area contributed by atoms with Crippen LogP contribution in [-0.4, -0.2) is 29.1 Å². The van der Waals surface area contributed by atoms with Crippen molar-refractivity contribution in [3.05, 3.63) is 46.4 Å². The molecule has 2 aromatic heterocycles. The van der Waals surface area contributed by atoms with Crippen molar-refractivity contribution in [2.45, 2.75) is 6.54 Å². The van der Waals surface area contributed by atoms with Gasteiger partial charge in [0.05, 0.1) is 6.54 Å². The number of nitrogens with zero attached hydrogens (tertiary/aromatic N) is 1. The number of hydrogen-bond donors (Lipinski definition) is 2. The SMILES string of the molecule is NC(=O)NC(=O)COC(=O)c1cccn1Cc1cccs1. The van der Waals surface area contributed by atoms with Crippen LogP contribution in [0, 0.1) is 0 Å². The van der Waals surface area contributed by atoms with Crippen molar-refractivity contribution in [2.24, 2.45) is 5.73 Å². The van der Waals surface area contributed by atoms with Gasteiger partial charge in [0.25, 0.3) is 5.91 Å². The summed E-state index contributed by atoms with van der Waals surface area (Å²) >= 11 is 1.58. The third-order valence-electron chi connectivity index (χ3n) is 2.54. The number of nitrogens with two attached hydrogens (primary N) is 1. The van der Waals surface area contributed by atoms with Gasteiger partial charge in [0.1, 0.15) is 5.69 Å². The Kier molecular flexibility index (Phi) is 4.72. The van der Waals surface area contributed by atoms with Gasteiger partial charge in [-0.2, -0.15) is 0 Å². The molecule has 0 atom stereocenters. The van der Waals surface area contributed by atoms with Crippen LogP contribution in [0.25, 0.3) is 0 Å². The smallest absolute Gasteiger partial charge is 0.355 e. The van der Waals surface area contributed by atoms with Crippen molar-refractivity contribution >= 4 is 29.2 Å². The quantitative estimate of drug-likeness (QED) is 0.802. The number of hydrogen-bond acceptors (Lipinski definition) is 5. The number of ether oxygens (including phenoxy) is 1. The summed E-state index contributed by atoms with van der Waals surface area (Å²) in [7, 11) is 0. The maximum absolute atomic E-state index is 11.9. The summed E-state index contributed by atoms with van der Waals surface area (Å²) < 4.78 is 6.56. The van der Waals surface area contributed by atoms with Gasteiger partial charge in [-0.15, -0.1) is 11.3 Å². The molecule has 0 spiro atoms. The van der Waals surface area contributed by atoms with Crippen molar-refractivity contribution in [3.8, 4) is 0 Å². The zero-order valence-corrected chi connectivity index (χ0v) is 11.8. The molecular formula is C13H13N3O4S. The molecule has 0 saturated carbocycles. The highest BCUT2D eigenvalue weighted by molar-refractivity contribution is 7.09. The Bertz CT molecular complexity index is 648. The lowest BCUT2D eigenvalue weighted by Gasteiger charge is -2.08. The molecule has 0 unspecified atom stereocenters. The molecule has 110 valence electrons. The topological polar surface area (TPSA) is 103 Å². The summed E-state index contributed by atoms with van der Waals surface area (Å²) in [6.45, 7) is -0.0193. The highest BCUT2D eigenvalue weighted by atomic mass is 32.1. The standard InChI is InChI=1S/C13H13N3O4S/c14-13(19)15-11(17)8-20-12(18)10-4-1-5-16(10)7-9-3-2-6-21-9/h1-6H,7-8H2,(H3,14,15,17,19). The molecule has 0 bridgehead atoms. The van der Waals surface area contributed by atoms with E-state index in [4.69, 9.17) is 10.5 Å². The number of carbonyl (C=O) groups is 3. The molecule has 0 aliphatic carbocycles. The van der Waals surface area contributed by atoms with E-state index >= 15 is 0 Å². The summed E-state index contributed by atoms with van der Waals surface area (Å²) in [5.74, 6) is -1.41. The van der Waals surface area contributed by atoms with Crippen LogP contribution in [-0.2, 0) is 16.1 Å². The Morgan fingerprint density at radius 3 is 2.76 bits per heavy atom.